The molecule has 2 aromatic heterocycles. The van der Waals surface area contributed by atoms with Crippen LogP contribution >= 0.6 is 0 Å². The van der Waals surface area contributed by atoms with Gasteiger partial charge in [0.05, 0.1) is 0 Å². The number of carbonyl (C=O) groups is 1. The van der Waals surface area contributed by atoms with Crippen LogP contribution in [-0.4, -0.2) is 57.8 Å². The Labute approximate surface area is 205 Å². The third-order valence-corrected chi connectivity index (χ3v) is 6.91. The summed E-state index contributed by atoms with van der Waals surface area (Å²) < 4.78 is 2.72. The number of piperazine rings is 1. The van der Waals surface area contributed by atoms with Crippen molar-refractivity contribution < 1.29 is 4.79 Å². The van der Waals surface area contributed by atoms with Crippen LogP contribution in [0.1, 0.15) is 37.7 Å². The molecule has 1 fully saturated rings. The second kappa shape index (κ2) is 10.3. The normalized spacial score (nSPS) is 16.4. The Balaban J connectivity index is 1.23. The quantitative estimate of drug-likeness (QED) is 0.529. The summed E-state index contributed by atoms with van der Waals surface area (Å²) in [6.07, 6.45) is 11.1. The fourth-order valence-corrected chi connectivity index (χ4v) is 4.88. The molecule has 1 N–H and O–H groups in total. The molecule has 9 heteroatoms. The summed E-state index contributed by atoms with van der Waals surface area (Å²) in [6.45, 7) is 5.85. The molecule has 0 bridgehead atoms. The molecule has 3 heterocycles. The summed E-state index contributed by atoms with van der Waals surface area (Å²) >= 11 is 0. The standard InChI is InChI=1S/C26H33N7O2/c1-20-7-9-22(10-8-20)30-15-17-31(18-16-30)24-25-29-33(26(35)32(25)14-13-28-24)19-23(34)27-12-11-21-5-3-2-4-6-21/h5,7-10,13-14H,2-4,6,11-12,15-19H2,1H3,(H,27,34). The zero-order valence-electron chi connectivity index (χ0n) is 20.3. The first-order chi connectivity index (χ1) is 17.1. The highest BCUT2D eigenvalue weighted by Crippen LogP contribution is 2.22. The van der Waals surface area contributed by atoms with E-state index in [1.54, 1.807) is 12.4 Å². The van der Waals surface area contributed by atoms with Crippen molar-refractivity contribution in [2.24, 2.45) is 0 Å². The molecule has 184 valence electrons. The Morgan fingerprint density at radius 1 is 1.06 bits per heavy atom. The number of nitrogens with zero attached hydrogens (tertiary/aromatic N) is 6. The first-order valence-electron chi connectivity index (χ1n) is 12.5. The summed E-state index contributed by atoms with van der Waals surface area (Å²) in [7, 11) is 0. The predicted molar refractivity (Wildman–Crippen MR) is 137 cm³/mol. The van der Waals surface area contributed by atoms with E-state index in [-0.39, 0.29) is 18.1 Å². The van der Waals surface area contributed by atoms with E-state index < -0.39 is 0 Å². The number of aryl methyl sites for hydroxylation is 1. The maximum absolute atomic E-state index is 12.9. The highest BCUT2D eigenvalue weighted by atomic mass is 16.2. The molecule has 1 aliphatic heterocycles. The van der Waals surface area contributed by atoms with Crippen molar-refractivity contribution in [2.45, 2.75) is 45.6 Å². The molecule has 9 nitrogen and oxygen atoms in total. The van der Waals surface area contributed by atoms with Crippen molar-refractivity contribution in [3.05, 3.63) is 64.4 Å². The average Bonchev–Trinajstić information content (AvgIpc) is 3.20. The van der Waals surface area contributed by atoms with Crippen molar-refractivity contribution >= 4 is 23.1 Å². The number of allylic oxidation sites excluding steroid dienone is 1. The van der Waals surface area contributed by atoms with Gasteiger partial charge in [-0.1, -0.05) is 29.3 Å². The Morgan fingerprint density at radius 3 is 2.57 bits per heavy atom. The molecule has 0 spiro atoms. The first kappa shape index (κ1) is 23.1. The van der Waals surface area contributed by atoms with Crippen LogP contribution in [0.3, 0.4) is 0 Å². The van der Waals surface area contributed by atoms with E-state index in [2.05, 4.69) is 62.5 Å². The number of amides is 1. The number of hydrogen-bond acceptors (Lipinski definition) is 6. The van der Waals surface area contributed by atoms with Crippen LogP contribution < -0.4 is 20.8 Å². The van der Waals surface area contributed by atoms with Crippen LogP contribution in [0.4, 0.5) is 11.5 Å². The van der Waals surface area contributed by atoms with Crippen LogP contribution in [0.25, 0.3) is 5.65 Å². The molecule has 0 saturated carbocycles. The summed E-state index contributed by atoms with van der Waals surface area (Å²) in [5.74, 6) is 0.477. The summed E-state index contributed by atoms with van der Waals surface area (Å²) in [5.41, 5.74) is 4.04. The molecule has 3 aromatic rings. The van der Waals surface area contributed by atoms with E-state index in [1.807, 2.05) is 0 Å². The van der Waals surface area contributed by atoms with E-state index in [1.165, 1.54) is 38.7 Å². The molecule has 0 radical (unpaired) electrons. The maximum Gasteiger partial charge on any atom is 0.350 e. The smallest absolute Gasteiger partial charge is 0.350 e. The van der Waals surface area contributed by atoms with Crippen LogP contribution in [0.15, 0.2) is 53.1 Å². The van der Waals surface area contributed by atoms with E-state index >= 15 is 0 Å². The van der Waals surface area contributed by atoms with Gasteiger partial charge in [0.2, 0.25) is 11.6 Å². The van der Waals surface area contributed by atoms with Gasteiger partial charge < -0.3 is 15.1 Å². The third-order valence-electron chi connectivity index (χ3n) is 6.91. The number of hydrogen-bond donors (Lipinski definition) is 1. The highest BCUT2D eigenvalue weighted by molar-refractivity contribution is 5.75. The van der Waals surface area contributed by atoms with Gasteiger partial charge in [-0.2, -0.15) is 0 Å². The number of aromatic nitrogens is 4. The first-order valence-corrected chi connectivity index (χ1v) is 12.5. The van der Waals surface area contributed by atoms with Crippen LogP contribution in [0, 0.1) is 6.92 Å². The van der Waals surface area contributed by atoms with E-state index in [0.717, 1.165) is 45.4 Å². The molecule has 5 rings (SSSR count). The maximum atomic E-state index is 12.9. The molecule has 1 aromatic carbocycles. The fraction of sp³-hybridized carbons (Fsp3) is 0.462. The van der Waals surface area contributed by atoms with Gasteiger partial charge in [0.15, 0.2) is 5.82 Å². The fourth-order valence-electron chi connectivity index (χ4n) is 4.88. The topological polar surface area (TPSA) is 87.8 Å². The van der Waals surface area contributed by atoms with Gasteiger partial charge in [-0.15, -0.1) is 5.10 Å². The van der Waals surface area contributed by atoms with Crippen molar-refractivity contribution in [1.82, 2.24) is 24.5 Å². The number of fused-ring (bicyclic) bond motifs is 1. The monoisotopic (exact) mass is 475 g/mol. The molecule has 2 aliphatic rings. The summed E-state index contributed by atoms with van der Waals surface area (Å²) in [4.78, 5) is 34.5. The Bertz CT molecular complexity index is 1270. The molecular formula is C26H33N7O2. The van der Waals surface area contributed by atoms with Gasteiger partial charge in [-0.25, -0.2) is 18.9 Å². The minimum Gasteiger partial charge on any atom is -0.368 e. The number of rotatable bonds is 7. The predicted octanol–water partition coefficient (Wildman–Crippen LogP) is 2.53. The SMILES string of the molecule is Cc1ccc(N2CCN(c3nccn4c(=O)n(CC(=O)NCCC5=CCCCC5)nc34)CC2)cc1. The highest BCUT2D eigenvalue weighted by Gasteiger charge is 2.23. The second-order valence-electron chi connectivity index (χ2n) is 9.40. The number of carbonyl (C=O) groups excluding carboxylic acids is 1. The molecule has 0 unspecified atom stereocenters. The third kappa shape index (κ3) is 5.23. The van der Waals surface area contributed by atoms with Crippen molar-refractivity contribution in [3.63, 3.8) is 0 Å². The van der Waals surface area contributed by atoms with Crippen LogP contribution in [0.2, 0.25) is 0 Å². The Morgan fingerprint density at radius 2 is 1.83 bits per heavy atom. The number of benzene rings is 1. The summed E-state index contributed by atoms with van der Waals surface area (Å²) in [5, 5.41) is 7.42. The Hall–Kier alpha value is -3.62. The zero-order valence-corrected chi connectivity index (χ0v) is 20.3. The van der Waals surface area contributed by atoms with Crippen LogP contribution in [-0.2, 0) is 11.3 Å². The van der Waals surface area contributed by atoms with E-state index in [4.69, 9.17) is 0 Å². The lowest BCUT2D eigenvalue weighted by atomic mass is 9.97. The number of nitrogens with one attached hydrogen (secondary N) is 1. The number of anilines is 2. The lowest BCUT2D eigenvalue weighted by molar-refractivity contribution is -0.121. The average molecular weight is 476 g/mol. The molecule has 1 saturated heterocycles. The molecule has 1 aliphatic carbocycles. The lowest BCUT2D eigenvalue weighted by Crippen LogP contribution is -2.47. The molecular weight excluding hydrogens is 442 g/mol. The molecule has 0 atom stereocenters. The summed E-state index contributed by atoms with van der Waals surface area (Å²) in [6, 6.07) is 8.57. The zero-order chi connectivity index (χ0) is 24.2. The lowest BCUT2D eigenvalue weighted by Gasteiger charge is -2.36. The van der Waals surface area contributed by atoms with E-state index in [9.17, 15) is 9.59 Å². The molecule has 35 heavy (non-hydrogen) atoms. The van der Waals surface area contributed by atoms with Gasteiger partial charge in [-0.05, 0) is 51.2 Å². The van der Waals surface area contributed by atoms with Crippen molar-refractivity contribution in [2.75, 3.05) is 42.5 Å². The minimum atomic E-state index is -0.327. The van der Waals surface area contributed by atoms with Crippen molar-refractivity contribution in [1.29, 1.82) is 0 Å². The van der Waals surface area contributed by atoms with Crippen molar-refractivity contribution in [3.8, 4) is 0 Å². The Kier molecular flexibility index (Phi) is 6.83. The van der Waals surface area contributed by atoms with Gasteiger partial charge in [0.25, 0.3) is 0 Å². The van der Waals surface area contributed by atoms with Gasteiger partial charge >= 0.3 is 5.69 Å². The minimum absolute atomic E-state index is 0.0970. The van der Waals surface area contributed by atoms with Gasteiger partial charge in [0, 0.05) is 50.8 Å². The molecule has 1 amide bonds. The van der Waals surface area contributed by atoms with Crippen LogP contribution in [0.5, 0.6) is 0 Å². The van der Waals surface area contributed by atoms with Gasteiger partial charge in [0.1, 0.15) is 6.54 Å². The van der Waals surface area contributed by atoms with Gasteiger partial charge in [-0.3, -0.25) is 4.79 Å². The largest absolute Gasteiger partial charge is 0.368 e. The second-order valence-corrected chi connectivity index (χ2v) is 9.40. The van der Waals surface area contributed by atoms with E-state index in [0.29, 0.717) is 18.0 Å².